The van der Waals surface area contributed by atoms with E-state index in [2.05, 4.69) is 0 Å². The maximum absolute atomic E-state index is 12.1. The second-order valence-corrected chi connectivity index (χ2v) is 3.59. The molecule has 0 atom stereocenters. The van der Waals surface area contributed by atoms with E-state index in [9.17, 15) is 28.6 Å². The van der Waals surface area contributed by atoms with Gasteiger partial charge in [-0.1, -0.05) is 24.3 Å². The van der Waals surface area contributed by atoms with Gasteiger partial charge in [0.25, 0.3) is 0 Å². The summed E-state index contributed by atoms with van der Waals surface area (Å²) >= 11 is 0. The van der Waals surface area contributed by atoms with Crippen LogP contribution in [0, 0.1) is 11.6 Å². The Balaban J connectivity index is 0.000000364. The standard InChI is InChI=1S/2C7H5FO2.Mg/c2*8-6-3-1-5(2-4-6)7(9)10;/h2*1-4H,(H,9,10);/q;;+2/p-2. The maximum Gasteiger partial charge on any atom is 2.00 e. The van der Waals surface area contributed by atoms with Gasteiger partial charge in [-0.25, -0.2) is 8.78 Å². The van der Waals surface area contributed by atoms with Crippen molar-refractivity contribution >= 4 is 35.0 Å². The first-order chi connectivity index (χ1) is 9.40. The quantitative estimate of drug-likeness (QED) is 0.731. The zero-order valence-electron chi connectivity index (χ0n) is 10.7. The Morgan fingerprint density at radius 3 is 1.10 bits per heavy atom. The zero-order chi connectivity index (χ0) is 15.1. The van der Waals surface area contributed by atoms with Gasteiger partial charge in [0, 0.05) is 0 Å². The van der Waals surface area contributed by atoms with Crippen molar-refractivity contribution in [3.63, 3.8) is 0 Å². The van der Waals surface area contributed by atoms with Crippen molar-refractivity contribution in [3.8, 4) is 0 Å². The minimum Gasteiger partial charge on any atom is -0.545 e. The average molecular weight is 303 g/mol. The van der Waals surface area contributed by atoms with Gasteiger partial charge < -0.3 is 19.8 Å². The molecule has 0 amide bonds. The van der Waals surface area contributed by atoms with Crippen LogP contribution in [0.15, 0.2) is 48.5 Å². The van der Waals surface area contributed by atoms with Crippen LogP contribution in [0.5, 0.6) is 0 Å². The summed E-state index contributed by atoms with van der Waals surface area (Å²) in [5, 5.41) is 20.2. The number of benzene rings is 2. The van der Waals surface area contributed by atoms with Crippen molar-refractivity contribution in [1.29, 1.82) is 0 Å². The first-order valence-corrected chi connectivity index (χ1v) is 5.34. The molecule has 0 N–H and O–H groups in total. The molecule has 0 saturated heterocycles. The molecule has 0 aliphatic heterocycles. The van der Waals surface area contributed by atoms with E-state index in [1.807, 2.05) is 0 Å². The van der Waals surface area contributed by atoms with Gasteiger partial charge in [-0.15, -0.1) is 0 Å². The van der Waals surface area contributed by atoms with Gasteiger partial charge >= 0.3 is 23.1 Å². The summed E-state index contributed by atoms with van der Waals surface area (Å²) < 4.78 is 24.3. The Labute approximate surface area is 135 Å². The molecule has 4 nitrogen and oxygen atoms in total. The first kappa shape index (κ1) is 19.0. The number of hydrogen-bond donors (Lipinski definition) is 0. The molecule has 2 rings (SSSR count). The van der Waals surface area contributed by atoms with Crippen LogP contribution in [0.3, 0.4) is 0 Å². The van der Waals surface area contributed by atoms with Crippen molar-refractivity contribution in [2.45, 2.75) is 0 Å². The van der Waals surface area contributed by atoms with E-state index in [0.29, 0.717) is 0 Å². The molecule has 7 heteroatoms. The van der Waals surface area contributed by atoms with Gasteiger partial charge in [0.05, 0.1) is 11.9 Å². The minimum atomic E-state index is -1.29. The monoisotopic (exact) mass is 302 g/mol. The van der Waals surface area contributed by atoms with Crippen LogP contribution in [-0.4, -0.2) is 35.0 Å². The Morgan fingerprint density at radius 2 is 0.905 bits per heavy atom. The summed E-state index contributed by atoms with van der Waals surface area (Å²) in [6, 6.07) is 8.93. The van der Waals surface area contributed by atoms with E-state index in [0.717, 1.165) is 48.5 Å². The van der Waals surface area contributed by atoms with Gasteiger partial charge in [0.2, 0.25) is 0 Å². The van der Waals surface area contributed by atoms with Crippen molar-refractivity contribution in [3.05, 3.63) is 71.3 Å². The van der Waals surface area contributed by atoms with Crippen LogP contribution in [0.4, 0.5) is 8.78 Å². The number of carbonyl (C=O) groups excluding carboxylic acids is 2. The Morgan fingerprint density at radius 1 is 0.667 bits per heavy atom. The van der Waals surface area contributed by atoms with E-state index < -0.39 is 23.6 Å². The van der Waals surface area contributed by atoms with Crippen molar-refractivity contribution in [2.24, 2.45) is 0 Å². The number of hydrogen-bond acceptors (Lipinski definition) is 4. The number of carboxylic acid groups (broad SMARTS) is 2. The fraction of sp³-hybridized carbons (Fsp3) is 0. The zero-order valence-corrected chi connectivity index (χ0v) is 12.1. The van der Waals surface area contributed by atoms with Crippen LogP contribution in [-0.2, 0) is 0 Å². The fourth-order valence-corrected chi connectivity index (χ4v) is 1.17. The van der Waals surface area contributed by atoms with Crippen molar-refractivity contribution in [2.75, 3.05) is 0 Å². The minimum absolute atomic E-state index is 0. The Kier molecular flexibility index (Phi) is 8.18. The first-order valence-electron chi connectivity index (χ1n) is 5.34. The molecule has 0 bridgehead atoms. The van der Waals surface area contributed by atoms with Gasteiger partial charge in [-0.3, -0.25) is 0 Å². The van der Waals surface area contributed by atoms with Gasteiger partial charge in [0.1, 0.15) is 11.6 Å². The van der Waals surface area contributed by atoms with Crippen LogP contribution in [0.2, 0.25) is 0 Å². The molecule has 0 aliphatic rings. The molecule has 0 saturated carbocycles. The summed E-state index contributed by atoms with van der Waals surface area (Å²) in [5.41, 5.74) is -0.0252. The molecule has 0 unspecified atom stereocenters. The smallest absolute Gasteiger partial charge is 0.545 e. The fourth-order valence-electron chi connectivity index (χ4n) is 1.17. The molecule has 0 fully saturated rings. The van der Waals surface area contributed by atoms with Crippen molar-refractivity contribution < 1.29 is 28.6 Å². The molecule has 2 aromatic rings. The van der Waals surface area contributed by atoms with Crippen molar-refractivity contribution in [1.82, 2.24) is 0 Å². The van der Waals surface area contributed by atoms with Crippen LogP contribution in [0.1, 0.15) is 20.7 Å². The third-order valence-corrected chi connectivity index (χ3v) is 2.16. The van der Waals surface area contributed by atoms with E-state index >= 15 is 0 Å². The summed E-state index contributed by atoms with van der Waals surface area (Å²) in [6.07, 6.45) is 0. The van der Waals surface area contributed by atoms with Crippen LogP contribution < -0.4 is 10.2 Å². The summed E-state index contributed by atoms with van der Waals surface area (Å²) in [7, 11) is 0. The van der Waals surface area contributed by atoms with Gasteiger partial charge in [0.15, 0.2) is 0 Å². The Bertz CT molecular complexity index is 542. The molecular formula is C14H8F2MgO4. The molecule has 0 spiro atoms. The largest absolute Gasteiger partial charge is 2.00 e. The third kappa shape index (κ3) is 6.82. The normalized spacial score (nSPS) is 8.86. The molecule has 104 valence electrons. The Hall–Kier alpha value is -1.99. The summed E-state index contributed by atoms with van der Waals surface area (Å²) in [6.45, 7) is 0. The van der Waals surface area contributed by atoms with E-state index in [1.54, 1.807) is 0 Å². The average Bonchev–Trinajstić information content (AvgIpc) is 2.40. The number of carbonyl (C=O) groups is 2. The second kappa shape index (κ2) is 9.04. The van der Waals surface area contributed by atoms with E-state index in [-0.39, 0.29) is 34.2 Å². The molecule has 2 aromatic carbocycles. The predicted molar refractivity (Wildman–Crippen MR) is 67.2 cm³/mol. The number of halogens is 2. The predicted octanol–water partition coefficient (Wildman–Crippen LogP) is -0.00240. The topological polar surface area (TPSA) is 80.3 Å². The summed E-state index contributed by atoms with van der Waals surface area (Å²) in [5.74, 6) is -3.49. The molecule has 0 aromatic heterocycles. The van der Waals surface area contributed by atoms with E-state index in [4.69, 9.17) is 0 Å². The molecular weight excluding hydrogens is 294 g/mol. The molecule has 0 heterocycles. The molecule has 0 aliphatic carbocycles. The maximum atomic E-state index is 12.1. The molecule has 21 heavy (non-hydrogen) atoms. The summed E-state index contributed by atoms with van der Waals surface area (Å²) in [4.78, 5) is 20.2. The second-order valence-electron chi connectivity index (χ2n) is 3.59. The number of carboxylic acids is 2. The van der Waals surface area contributed by atoms with Gasteiger partial charge in [-0.2, -0.15) is 0 Å². The third-order valence-electron chi connectivity index (χ3n) is 2.16. The SMILES string of the molecule is O=C([O-])c1ccc(F)cc1.O=C([O-])c1ccc(F)cc1.[Mg+2]. The van der Waals surface area contributed by atoms with Gasteiger partial charge in [-0.05, 0) is 35.4 Å². The number of rotatable bonds is 2. The van der Waals surface area contributed by atoms with Crippen LogP contribution in [0.25, 0.3) is 0 Å². The molecule has 0 radical (unpaired) electrons. The number of aromatic carboxylic acids is 2. The van der Waals surface area contributed by atoms with E-state index in [1.165, 1.54) is 0 Å². The van der Waals surface area contributed by atoms with Crippen LogP contribution >= 0.6 is 0 Å².